The Morgan fingerprint density at radius 3 is 1.62 bits per heavy atom. The minimum Gasteiger partial charge on any atom is -0.300 e. The van der Waals surface area contributed by atoms with Gasteiger partial charge in [0, 0.05) is 17.4 Å². The van der Waals surface area contributed by atoms with E-state index in [1.807, 2.05) is 58.9 Å². The van der Waals surface area contributed by atoms with E-state index in [9.17, 15) is 13.7 Å². The fourth-order valence-corrected chi connectivity index (χ4v) is 4.69. The van der Waals surface area contributed by atoms with Crippen LogP contribution in [0.3, 0.4) is 0 Å². The highest BCUT2D eigenvalue weighted by molar-refractivity contribution is 5.79. The third-order valence-corrected chi connectivity index (χ3v) is 6.69. The Morgan fingerprint density at radius 1 is 0.735 bits per heavy atom. The van der Waals surface area contributed by atoms with Gasteiger partial charge < -0.3 is 0 Å². The molecular weight excluding hydrogens is 430 g/mol. The standard InChI is InChI=1S/C13H11FO.C13H21FO.2C2H6/c1-10-2-4-11(5-3-10)12-6-8-13(15-14)9-7-12;14-9-10-1-3-11(4-2-10)12-5-7-13(15)8-6-12;2*1-2/h2-9H,1H3;10-12H,1-9H2;2*1-2H3. The van der Waals surface area contributed by atoms with Gasteiger partial charge in [0.2, 0.25) is 0 Å². The van der Waals surface area contributed by atoms with Gasteiger partial charge in [-0.05, 0) is 86.5 Å². The number of carbonyl (C=O) groups excluding carboxylic acids is 1. The number of rotatable bonds is 4. The van der Waals surface area contributed by atoms with Crippen LogP contribution in [0.2, 0.25) is 0 Å². The second-order valence-electron chi connectivity index (χ2n) is 8.78. The largest absolute Gasteiger partial charge is 0.300 e. The lowest BCUT2D eigenvalue weighted by atomic mass is 9.71. The van der Waals surface area contributed by atoms with Crippen LogP contribution >= 0.6 is 0 Å². The maximum absolute atomic E-state index is 12.5. The Kier molecular flexibility index (Phi) is 15.1. The van der Waals surface area contributed by atoms with Crippen molar-refractivity contribution in [2.24, 2.45) is 17.8 Å². The van der Waals surface area contributed by atoms with E-state index < -0.39 is 0 Å². The number of halogens is 2. The molecule has 2 aromatic carbocycles. The summed E-state index contributed by atoms with van der Waals surface area (Å²) in [6, 6.07) is 15.1. The minimum absolute atomic E-state index is 0.129. The van der Waals surface area contributed by atoms with Crippen molar-refractivity contribution in [2.75, 3.05) is 6.67 Å². The summed E-state index contributed by atoms with van der Waals surface area (Å²) in [4.78, 5) is 14.8. The first-order chi connectivity index (χ1) is 16.6. The molecule has 34 heavy (non-hydrogen) atoms. The molecule has 0 aliphatic heterocycles. The molecule has 0 spiro atoms. The molecule has 0 heterocycles. The smallest absolute Gasteiger partial charge is 0.171 e. The van der Waals surface area contributed by atoms with E-state index in [2.05, 4.69) is 17.1 Å². The summed E-state index contributed by atoms with van der Waals surface area (Å²) in [6.07, 6.45) is 8.35. The zero-order valence-corrected chi connectivity index (χ0v) is 21.8. The summed E-state index contributed by atoms with van der Waals surface area (Å²) in [5.74, 6) is 2.57. The number of ketones is 1. The van der Waals surface area contributed by atoms with Crippen LogP contribution in [0.15, 0.2) is 48.5 Å². The summed E-state index contributed by atoms with van der Waals surface area (Å²) < 4.78 is 24.3. The fourth-order valence-electron chi connectivity index (χ4n) is 4.69. The number of hydrogen-bond donors (Lipinski definition) is 0. The topological polar surface area (TPSA) is 26.3 Å². The number of aryl methyl sites for hydroxylation is 1. The van der Waals surface area contributed by atoms with Crippen molar-refractivity contribution >= 4 is 5.78 Å². The Bertz CT molecular complexity index is 768. The highest BCUT2D eigenvalue weighted by Gasteiger charge is 2.30. The van der Waals surface area contributed by atoms with Crippen LogP contribution in [0.5, 0.6) is 5.75 Å². The van der Waals surface area contributed by atoms with Crippen LogP contribution < -0.4 is 4.94 Å². The predicted molar refractivity (Wildman–Crippen MR) is 139 cm³/mol. The second kappa shape index (κ2) is 17.2. The first-order valence-corrected chi connectivity index (χ1v) is 13.1. The Hall–Kier alpha value is -2.23. The molecule has 2 nitrogen and oxygen atoms in total. The first-order valence-electron chi connectivity index (χ1n) is 13.1. The van der Waals surface area contributed by atoms with Crippen molar-refractivity contribution in [1.29, 1.82) is 0 Å². The number of benzene rings is 2. The maximum Gasteiger partial charge on any atom is 0.171 e. The van der Waals surface area contributed by atoms with Gasteiger partial charge in [-0.2, -0.15) is 0 Å². The molecule has 4 rings (SSSR count). The van der Waals surface area contributed by atoms with E-state index in [0.717, 1.165) is 61.5 Å². The first kappa shape index (κ1) is 29.8. The van der Waals surface area contributed by atoms with Gasteiger partial charge in [0.1, 0.15) is 5.78 Å². The van der Waals surface area contributed by atoms with Crippen LogP contribution in [-0.4, -0.2) is 12.5 Å². The minimum atomic E-state index is -0.129. The van der Waals surface area contributed by atoms with E-state index >= 15 is 0 Å². The normalized spacial score (nSPS) is 19.9. The van der Waals surface area contributed by atoms with E-state index in [1.54, 1.807) is 12.1 Å². The van der Waals surface area contributed by atoms with Crippen molar-refractivity contribution in [3.05, 3.63) is 54.1 Å². The number of hydrogen-bond acceptors (Lipinski definition) is 2. The van der Waals surface area contributed by atoms with E-state index in [0.29, 0.717) is 11.7 Å². The average Bonchev–Trinajstić information content (AvgIpc) is 2.92. The van der Waals surface area contributed by atoms with Crippen LogP contribution in [-0.2, 0) is 4.79 Å². The Labute approximate surface area is 206 Å². The molecule has 2 fully saturated rings. The van der Waals surface area contributed by atoms with Gasteiger partial charge in [0.15, 0.2) is 5.75 Å². The summed E-state index contributed by atoms with van der Waals surface area (Å²) in [6.45, 7) is 9.92. The predicted octanol–water partition coefficient (Wildman–Crippen LogP) is 9.50. The molecule has 0 radical (unpaired) electrons. The molecule has 0 amide bonds. The van der Waals surface area contributed by atoms with Gasteiger partial charge in [-0.3, -0.25) is 14.1 Å². The zero-order chi connectivity index (χ0) is 25.3. The third kappa shape index (κ3) is 9.95. The third-order valence-electron chi connectivity index (χ3n) is 6.69. The highest BCUT2D eigenvalue weighted by Crippen LogP contribution is 2.39. The summed E-state index contributed by atoms with van der Waals surface area (Å²) in [5.41, 5.74) is 3.39. The fraction of sp³-hybridized carbons (Fsp3) is 0.567. The molecule has 0 unspecified atom stereocenters. The van der Waals surface area contributed by atoms with Gasteiger partial charge in [-0.1, -0.05) is 69.7 Å². The molecule has 4 heteroatoms. The molecule has 2 aliphatic carbocycles. The van der Waals surface area contributed by atoms with Crippen molar-refractivity contribution in [3.8, 4) is 16.9 Å². The van der Waals surface area contributed by atoms with Gasteiger partial charge in [-0.15, -0.1) is 0 Å². The highest BCUT2D eigenvalue weighted by atomic mass is 19.3. The molecule has 2 aromatic rings. The van der Waals surface area contributed by atoms with Crippen LogP contribution in [0, 0.1) is 24.7 Å². The maximum atomic E-state index is 12.5. The monoisotopic (exact) mass is 474 g/mol. The Balaban J connectivity index is 0.000000297. The zero-order valence-electron chi connectivity index (χ0n) is 21.8. The lowest BCUT2D eigenvalue weighted by Gasteiger charge is -2.34. The van der Waals surface area contributed by atoms with Crippen molar-refractivity contribution in [1.82, 2.24) is 0 Å². The lowest BCUT2D eigenvalue weighted by molar-refractivity contribution is -0.121. The van der Waals surface area contributed by atoms with Crippen LogP contribution in [0.1, 0.15) is 84.6 Å². The SMILES string of the molecule is CC.CC.Cc1ccc(-c2ccc(OF)cc2)cc1.O=C1CCC(C2CCC(CF)CC2)CC1. The van der Waals surface area contributed by atoms with Crippen molar-refractivity contribution in [3.63, 3.8) is 0 Å². The molecule has 0 aromatic heterocycles. The van der Waals surface area contributed by atoms with Gasteiger partial charge in [0.05, 0.1) is 6.67 Å². The molecular formula is C30H44F2O2. The van der Waals surface area contributed by atoms with E-state index in [4.69, 9.17) is 0 Å². The van der Waals surface area contributed by atoms with E-state index in [1.165, 1.54) is 18.4 Å². The quantitative estimate of drug-likeness (QED) is 0.441. The van der Waals surface area contributed by atoms with E-state index in [-0.39, 0.29) is 12.4 Å². The molecule has 0 atom stereocenters. The van der Waals surface area contributed by atoms with Crippen molar-refractivity contribution < 1.29 is 18.7 Å². The molecule has 0 N–H and O–H groups in total. The van der Waals surface area contributed by atoms with Gasteiger partial charge >= 0.3 is 0 Å². The number of carbonyl (C=O) groups is 1. The summed E-state index contributed by atoms with van der Waals surface area (Å²) in [5, 5.41) is 0. The number of Topliss-reactive ketones (excluding diaryl/α,β-unsaturated/α-hetero) is 1. The van der Waals surface area contributed by atoms with Gasteiger partial charge in [-0.25, -0.2) is 0 Å². The molecule has 0 saturated heterocycles. The summed E-state index contributed by atoms with van der Waals surface area (Å²) >= 11 is 0. The van der Waals surface area contributed by atoms with Crippen molar-refractivity contribution in [2.45, 2.75) is 86.0 Å². The second-order valence-corrected chi connectivity index (χ2v) is 8.78. The van der Waals surface area contributed by atoms with Crippen LogP contribution in [0.25, 0.3) is 11.1 Å². The molecule has 0 bridgehead atoms. The summed E-state index contributed by atoms with van der Waals surface area (Å²) in [7, 11) is 0. The van der Waals surface area contributed by atoms with Crippen LogP contribution in [0.4, 0.5) is 8.92 Å². The average molecular weight is 475 g/mol. The Morgan fingerprint density at radius 2 is 1.18 bits per heavy atom. The van der Waals surface area contributed by atoms with Gasteiger partial charge in [0.25, 0.3) is 0 Å². The molecule has 190 valence electrons. The lowest BCUT2D eigenvalue weighted by Crippen LogP contribution is -2.26. The molecule has 2 aliphatic rings. The molecule has 2 saturated carbocycles. The number of alkyl halides is 1.